The smallest absolute Gasteiger partial charge is 0.0865 e. The number of ether oxygens (including phenoxy) is 1. The minimum atomic E-state index is 0.155. The van der Waals surface area contributed by atoms with E-state index in [9.17, 15) is 0 Å². The van der Waals surface area contributed by atoms with E-state index in [1.807, 2.05) is 11.8 Å². The van der Waals surface area contributed by atoms with Gasteiger partial charge in [0.15, 0.2) is 0 Å². The van der Waals surface area contributed by atoms with E-state index in [-0.39, 0.29) is 11.4 Å². The molecule has 3 aromatic carbocycles. The Morgan fingerprint density at radius 1 is 0.862 bits per heavy atom. The summed E-state index contributed by atoms with van der Waals surface area (Å²) < 4.78 is 6.36. The number of hydrogen-bond donors (Lipinski definition) is 0. The Balaban J connectivity index is 1.58. The molecule has 1 fully saturated rings. The Bertz CT molecular complexity index is 899. The zero-order valence-corrected chi connectivity index (χ0v) is 18.0. The first-order valence-corrected chi connectivity index (χ1v) is 11.3. The van der Waals surface area contributed by atoms with Crippen molar-refractivity contribution < 1.29 is 4.74 Å². The summed E-state index contributed by atoms with van der Waals surface area (Å²) in [5, 5.41) is 0.267. The Labute approximate surface area is 178 Å². The molecule has 0 amide bonds. The van der Waals surface area contributed by atoms with Crippen molar-refractivity contribution in [1.82, 2.24) is 4.90 Å². The summed E-state index contributed by atoms with van der Waals surface area (Å²) in [5.41, 5.74) is 4.03. The lowest BCUT2D eigenvalue weighted by molar-refractivity contribution is -0.0420. The third kappa shape index (κ3) is 4.92. The van der Waals surface area contributed by atoms with Gasteiger partial charge in [-0.25, -0.2) is 0 Å². The van der Waals surface area contributed by atoms with Crippen molar-refractivity contribution in [3.8, 4) is 0 Å². The van der Waals surface area contributed by atoms with E-state index in [1.165, 1.54) is 21.6 Å². The normalized spacial score (nSPS) is 19.6. The van der Waals surface area contributed by atoms with Crippen LogP contribution in [0.25, 0.3) is 0 Å². The fourth-order valence-electron chi connectivity index (χ4n) is 4.00. The predicted octanol–water partition coefficient (Wildman–Crippen LogP) is 6.29. The Kier molecular flexibility index (Phi) is 6.70. The first-order chi connectivity index (χ1) is 14.2. The predicted molar refractivity (Wildman–Crippen MR) is 122 cm³/mol. The molecular formula is C26H29NOS. The third-order valence-electron chi connectivity index (χ3n) is 5.77. The minimum absolute atomic E-state index is 0.155. The molecule has 0 N–H and O–H groups in total. The van der Waals surface area contributed by atoms with Gasteiger partial charge >= 0.3 is 0 Å². The number of benzene rings is 3. The molecule has 3 atom stereocenters. The fourth-order valence-corrected chi connectivity index (χ4v) is 5.29. The van der Waals surface area contributed by atoms with Gasteiger partial charge in [0, 0.05) is 24.0 Å². The third-order valence-corrected chi connectivity index (χ3v) is 7.31. The molecular weight excluding hydrogens is 374 g/mol. The van der Waals surface area contributed by atoms with Crippen molar-refractivity contribution in [1.29, 1.82) is 0 Å². The van der Waals surface area contributed by atoms with Crippen LogP contribution < -0.4 is 0 Å². The number of rotatable bonds is 6. The largest absolute Gasteiger partial charge is 0.374 e. The van der Waals surface area contributed by atoms with Gasteiger partial charge < -0.3 is 4.74 Å². The van der Waals surface area contributed by atoms with Gasteiger partial charge in [0.05, 0.1) is 18.0 Å². The molecule has 150 valence electrons. The lowest BCUT2D eigenvalue weighted by Gasteiger charge is -2.40. The summed E-state index contributed by atoms with van der Waals surface area (Å²) in [4.78, 5) is 3.90. The molecule has 1 aliphatic heterocycles. The maximum Gasteiger partial charge on any atom is 0.0865 e. The van der Waals surface area contributed by atoms with Crippen LogP contribution in [0.5, 0.6) is 0 Å². The molecule has 2 nitrogen and oxygen atoms in total. The minimum Gasteiger partial charge on any atom is -0.374 e. The van der Waals surface area contributed by atoms with Crippen LogP contribution >= 0.6 is 11.8 Å². The monoisotopic (exact) mass is 403 g/mol. The highest BCUT2D eigenvalue weighted by atomic mass is 32.2. The Morgan fingerprint density at radius 3 is 2.17 bits per heavy atom. The molecule has 0 saturated carbocycles. The van der Waals surface area contributed by atoms with Crippen LogP contribution in [-0.2, 0) is 4.74 Å². The van der Waals surface area contributed by atoms with Crippen molar-refractivity contribution in [2.45, 2.75) is 36.1 Å². The van der Waals surface area contributed by atoms with Crippen LogP contribution in [0, 0.1) is 6.92 Å². The standard InChI is InChI=1S/C26H29NOS/c1-20-11-9-10-16-25(20)29-26(23-14-7-4-8-15-23)24-19-27(17-18-28-24)21(2)22-12-5-3-6-13-22/h3-16,21,24,26H,17-19H2,1-2H3/t21-,24-,26-/m0/s1. The molecule has 1 aliphatic rings. The van der Waals surface area contributed by atoms with Gasteiger partial charge in [-0.1, -0.05) is 78.9 Å². The second-order valence-electron chi connectivity index (χ2n) is 7.71. The van der Waals surface area contributed by atoms with Crippen molar-refractivity contribution in [3.63, 3.8) is 0 Å². The van der Waals surface area contributed by atoms with Gasteiger partial charge in [-0.2, -0.15) is 0 Å². The number of thioether (sulfide) groups is 1. The van der Waals surface area contributed by atoms with Crippen molar-refractivity contribution in [2.75, 3.05) is 19.7 Å². The molecule has 0 spiro atoms. The van der Waals surface area contributed by atoms with Gasteiger partial charge in [-0.05, 0) is 36.6 Å². The van der Waals surface area contributed by atoms with Gasteiger partial charge in [0.1, 0.15) is 0 Å². The molecule has 0 unspecified atom stereocenters. The van der Waals surface area contributed by atoms with E-state index in [2.05, 4.69) is 104 Å². The van der Waals surface area contributed by atoms with Crippen molar-refractivity contribution in [2.24, 2.45) is 0 Å². The molecule has 1 heterocycles. The topological polar surface area (TPSA) is 12.5 Å². The number of morpholine rings is 1. The van der Waals surface area contributed by atoms with Crippen LogP contribution in [0.15, 0.2) is 89.8 Å². The maximum absolute atomic E-state index is 6.36. The van der Waals surface area contributed by atoms with Crippen LogP contribution in [0.1, 0.15) is 34.9 Å². The van der Waals surface area contributed by atoms with Gasteiger partial charge in [-0.15, -0.1) is 11.8 Å². The molecule has 0 aliphatic carbocycles. The van der Waals surface area contributed by atoms with E-state index >= 15 is 0 Å². The van der Waals surface area contributed by atoms with Crippen molar-refractivity contribution >= 4 is 11.8 Å². The molecule has 29 heavy (non-hydrogen) atoms. The van der Waals surface area contributed by atoms with Gasteiger partial charge in [-0.3, -0.25) is 4.90 Å². The molecule has 0 aromatic heterocycles. The second kappa shape index (κ2) is 9.62. The molecule has 3 heteroatoms. The summed E-state index contributed by atoms with van der Waals surface area (Å²) >= 11 is 1.93. The first kappa shape index (κ1) is 20.2. The highest BCUT2D eigenvalue weighted by Gasteiger charge is 2.32. The van der Waals surface area contributed by atoms with Crippen molar-refractivity contribution in [3.05, 3.63) is 102 Å². The van der Waals surface area contributed by atoms with Gasteiger partial charge in [0.25, 0.3) is 0 Å². The number of aryl methyl sites for hydroxylation is 1. The van der Waals surface area contributed by atoms with Crippen LogP contribution in [-0.4, -0.2) is 30.7 Å². The summed E-state index contributed by atoms with van der Waals surface area (Å²) in [6.07, 6.45) is 0.155. The van der Waals surface area contributed by atoms with E-state index in [0.29, 0.717) is 6.04 Å². The summed E-state index contributed by atoms with van der Waals surface area (Å²) in [6.45, 7) is 7.19. The van der Waals surface area contributed by atoms with E-state index in [4.69, 9.17) is 4.74 Å². The average Bonchev–Trinajstić information content (AvgIpc) is 2.79. The zero-order chi connectivity index (χ0) is 20.1. The quantitative estimate of drug-likeness (QED) is 0.449. The highest BCUT2D eigenvalue weighted by Crippen LogP contribution is 2.41. The van der Waals surface area contributed by atoms with Crippen LogP contribution in [0.4, 0.5) is 0 Å². The zero-order valence-electron chi connectivity index (χ0n) is 17.2. The fraction of sp³-hybridized carbons (Fsp3) is 0.308. The summed E-state index contributed by atoms with van der Waals surface area (Å²) in [6, 6.07) is 30.7. The number of hydrogen-bond acceptors (Lipinski definition) is 3. The van der Waals surface area contributed by atoms with Gasteiger partial charge in [0.2, 0.25) is 0 Å². The molecule has 0 bridgehead atoms. The molecule has 3 aromatic rings. The Hall–Kier alpha value is -2.07. The highest BCUT2D eigenvalue weighted by molar-refractivity contribution is 7.99. The average molecular weight is 404 g/mol. The molecule has 0 radical (unpaired) electrons. The SMILES string of the molecule is Cc1ccccc1S[C@@H](c1ccccc1)[C@@H]1CN([C@@H](C)c2ccccc2)CCO1. The van der Waals surface area contributed by atoms with Crippen LogP contribution in [0.2, 0.25) is 0 Å². The van der Waals surface area contributed by atoms with Crippen LogP contribution in [0.3, 0.4) is 0 Å². The lowest BCUT2D eigenvalue weighted by atomic mass is 10.0. The summed E-state index contributed by atoms with van der Waals surface area (Å²) in [5.74, 6) is 0. The summed E-state index contributed by atoms with van der Waals surface area (Å²) in [7, 11) is 0. The lowest BCUT2D eigenvalue weighted by Crippen LogP contribution is -2.45. The Morgan fingerprint density at radius 2 is 1.48 bits per heavy atom. The van der Waals surface area contributed by atoms with E-state index < -0.39 is 0 Å². The molecule has 4 rings (SSSR count). The number of nitrogens with zero attached hydrogens (tertiary/aromatic N) is 1. The van der Waals surface area contributed by atoms with E-state index in [0.717, 1.165) is 19.7 Å². The second-order valence-corrected chi connectivity index (χ2v) is 8.89. The maximum atomic E-state index is 6.36. The molecule has 1 saturated heterocycles. The first-order valence-electron chi connectivity index (χ1n) is 10.4. The van der Waals surface area contributed by atoms with E-state index in [1.54, 1.807) is 0 Å².